The van der Waals surface area contributed by atoms with E-state index in [0.717, 1.165) is 28.1 Å². The summed E-state index contributed by atoms with van der Waals surface area (Å²) in [6, 6.07) is 11.5. The van der Waals surface area contributed by atoms with Crippen LogP contribution < -0.4 is 4.80 Å². The first-order chi connectivity index (χ1) is 13.9. The van der Waals surface area contributed by atoms with E-state index in [4.69, 9.17) is 4.74 Å². The van der Waals surface area contributed by atoms with Crippen LogP contribution in [-0.2, 0) is 22.5 Å². The molecule has 0 aliphatic carbocycles. The van der Waals surface area contributed by atoms with Gasteiger partial charge in [0.2, 0.25) is 0 Å². The summed E-state index contributed by atoms with van der Waals surface area (Å²) in [7, 11) is 1.37. The van der Waals surface area contributed by atoms with E-state index < -0.39 is 0 Å². The van der Waals surface area contributed by atoms with Crippen LogP contribution in [0.4, 0.5) is 0 Å². The summed E-state index contributed by atoms with van der Waals surface area (Å²) in [5.74, 6) is 0.356. The number of aromatic nitrogens is 1. The zero-order chi connectivity index (χ0) is 21.0. The molecule has 7 heteroatoms. The summed E-state index contributed by atoms with van der Waals surface area (Å²) in [4.78, 5) is 29.6. The number of nitrogens with zero attached hydrogens (tertiary/aromatic N) is 2. The summed E-state index contributed by atoms with van der Waals surface area (Å²) in [5, 5.41) is 0. The van der Waals surface area contributed by atoms with Crippen molar-refractivity contribution in [2.24, 2.45) is 4.99 Å². The van der Waals surface area contributed by atoms with Crippen molar-refractivity contribution < 1.29 is 14.3 Å². The van der Waals surface area contributed by atoms with E-state index in [2.05, 4.69) is 16.5 Å². The highest BCUT2D eigenvalue weighted by Gasteiger charge is 2.12. The summed E-state index contributed by atoms with van der Waals surface area (Å²) < 4.78 is 7.77. The van der Waals surface area contributed by atoms with Crippen LogP contribution >= 0.6 is 23.1 Å². The minimum atomic E-state index is -0.375. The van der Waals surface area contributed by atoms with Gasteiger partial charge in [-0.05, 0) is 55.0 Å². The number of hydrogen-bond acceptors (Lipinski definition) is 5. The Balaban J connectivity index is 1.99. The van der Waals surface area contributed by atoms with Crippen molar-refractivity contribution in [2.45, 2.75) is 26.8 Å². The Kier molecular flexibility index (Phi) is 6.92. The highest BCUT2D eigenvalue weighted by molar-refractivity contribution is 7.98. The summed E-state index contributed by atoms with van der Waals surface area (Å²) in [6.45, 7) is 4.84. The monoisotopic (exact) mass is 428 g/mol. The highest BCUT2D eigenvalue weighted by atomic mass is 32.2. The van der Waals surface area contributed by atoms with Gasteiger partial charge in [0.05, 0.1) is 29.3 Å². The molecule has 152 valence electrons. The van der Waals surface area contributed by atoms with Gasteiger partial charge in [0, 0.05) is 12.3 Å². The minimum absolute atomic E-state index is 0.175. The first-order valence-corrected chi connectivity index (χ1v) is 11.5. The van der Waals surface area contributed by atoms with Crippen molar-refractivity contribution in [3.8, 4) is 0 Å². The van der Waals surface area contributed by atoms with E-state index in [1.165, 1.54) is 29.6 Å². The number of aryl methyl sites for hydroxylation is 3. The number of thiazole rings is 1. The summed E-state index contributed by atoms with van der Waals surface area (Å²) in [5.41, 5.74) is 4.80. The number of thioether (sulfide) groups is 1. The summed E-state index contributed by atoms with van der Waals surface area (Å²) in [6.07, 6.45) is 2.32. The number of rotatable bonds is 6. The van der Waals surface area contributed by atoms with E-state index in [9.17, 15) is 9.59 Å². The van der Waals surface area contributed by atoms with Gasteiger partial charge >= 0.3 is 5.97 Å². The van der Waals surface area contributed by atoms with Gasteiger partial charge in [-0.15, -0.1) is 0 Å². The molecule has 0 fully saturated rings. The van der Waals surface area contributed by atoms with Crippen LogP contribution in [0.2, 0.25) is 0 Å². The van der Waals surface area contributed by atoms with Gasteiger partial charge in [0.25, 0.3) is 5.91 Å². The Hall–Kier alpha value is -2.38. The molecule has 0 unspecified atom stereocenters. The summed E-state index contributed by atoms with van der Waals surface area (Å²) >= 11 is 3.16. The largest absolute Gasteiger partial charge is 0.465 e. The lowest BCUT2D eigenvalue weighted by Gasteiger charge is -2.05. The molecule has 0 saturated carbocycles. The second kappa shape index (κ2) is 9.41. The number of esters is 1. The Morgan fingerprint density at radius 2 is 1.93 bits per heavy atom. The second-order valence-electron chi connectivity index (χ2n) is 6.80. The molecule has 1 amide bonds. The van der Waals surface area contributed by atoms with E-state index in [-0.39, 0.29) is 18.3 Å². The van der Waals surface area contributed by atoms with Crippen molar-refractivity contribution >= 4 is 45.2 Å². The maximum absolute atomic E-state index is 12.6. The average molecular weight is 429 g/mol. The molecular weight excluding hydrogens is 404 g/mol. The third kappa shape index (κ3) is 4.97. The maximum Gasteiger partial charge on any atom is 0.337 e. The Morgan fingerprint density at radius 1 is 1.14 bits per heavy atom. The molecule has 1 aromatic heterocycles. The molecule has 29 heavy (non-hydrogen) atoms. The van der Waals surface area contributed by atoms with Crippen molar-refractivity contribution in [2.75, 3.05) is 19.1 Å². The third-order valence-corrected chi connectivity index (χ3v) is 6.40. The number of methoxy groups -OCH3 is 1. The fourth-order valence-corrected chi connectivity index (χ4v) is 4.51. The SMILES string of the molecule is COC(=O)c1ccc2c(c1)sc(=NC(=O)Cc1ccc(C)c(C)c1)n2CCSC. The molecule has 0 bridgehead atoms. The van der Waals surface area contributed by atoms with Crippen LogP contribution in [0.5, 0.6) is 0 Å². The molecule has 3 aromatic rings. The number of ether oxygens (including phenoxy) is 1. The fraction of sp³-hybridized carbons (Fsp3) is 0.318. The molecule has 0 aliphatic heterocycles. The van der Waals surface area contributed by atoms with Gasteiger partial charge in [-0.1, -0.05) is 29.5 Å². The molecule has 0 aliphatic rings. The molecule has 0 saturated heterocycles. The number of benzene rings is 2. The molecule has 3 rings (SSSR count). The topological polar surface area (TPSA) is 60.7 Å². The Morgan fingerprint density at radius 3 is 2.62 bits per heavy atom. The van der Waals surface area contributed by atoms with Crippen molar-refractivity contribution in [3.63, 3.8) is 0 Å². The first kappa shape index (κ1) is 21.3. The predicted molar refractivity (Wildman–Crippen MR) is 120 cm³/mol. The van der Waals surface area contributed by atoms with Crippen LogP contribution in [0.3, 0.4) is 0 Å². The molecule has 0 spiro atoms. The van der Waals surface area contributed by atoms with E-state index >= 15 is 0 Å². The lowest BCUT2D eigenvalue weighted by atomic mass is 10.0. The van der Waals surface area contributed by atoms with Crippen LogP contribution in [-0.4, -0.2) is 35.6 Å². The normalized spacial score (nSPS) is 11.8. The standard InChI is InChI=1S/C22H24N2O3S2/c1-14-5-6-16(11-15(14)2)12-20(25)23-22-24(9-10-28-4)18-8-7-17(21(26)27-3)13-19(18)29-22/h5-8,11,13H,9-10,12H2,1-4H3. The van der Waals surface area contributed by atoms with Gasteiger partial charge in [-0.25, -0.2) is 4.79 Å². The predicted octanol–water partition coefficient (Wildman–Crippen LogP) is 4.14. The zero-order valence-electron chi connectivity index (χ0n) is 17.0. The van der Waals surface area contributed by atoms with Crippen molar-refractivity contribution in [1.29, 1.82) is 0 Å². The quantitative estimate of drug-likeness (QED) is 0.554. The van der Waals surface area contributed by atoms with E-state index in [1.54, 1.807) is 23.9 Å². The molecular formula is C22H24N2O3S2. The Bertz CT molecular complexity index is 1130. The van der Waals surface area contributed by atoms with Crippen LogP contribution in [0.15, 0.2) is 41.4 Å². The first-order valence-electron chi connectivity index (χ1n) is 9.27. The molecule has 5 nitrogen and oxygen atoms in total. The van der Waals surface area contributed by atoms with Crippen LogP contribution in [0.25, 0.3) is 10.2 Å². The van der Waals surface area contributed by atoms with Gasteiger partial charge < -0.3 is 9.30 Å². The molecule has 0 N–H and O–H groups in total. The molecule has 1 heterocycles. The van der Waals surface area contributed by atoms with Crippen molar-refractivity contribution in [3.05, 3.63) is 63.5 Å². The zero-order valence-corrected chi connectivity index (χ0v) is 18.7. The molecule has 0 atom stereocenters. The van der Waals surface area contributed by atoms with E-state index in [0.29, 0.717) is 10.4 Å². The molecule has 0 radical (unpaired) electrons. The van der Waals surface area contributed by atoms with Gasteiger partial charge in [-0.3, -0.25) is 4.79 Å². The molecule has 2 aromatic carbocycles. The lowest BCUT2D eigenvalue weighted by Crippen LogP contribution is -2.18. The lowest BCUT2D eigenvalue weighted by molar-refractivity contribution is -0.117. The average Bonchev–Trinajstić information content (AvgIpc) is 3.04. The van der Waals surface area contributed by atoms with Crippen LogP contribution in [0, 0.1) is 13.8 Å². The second-order valence-corrected chi connectivity index (χ2v) is 8.80. The Labute approximate surface area is 178 Å². The number of carbonyl (C=O) groups excluding carboxylic acids is 2. The number of amides is 1. The third-order valence-electron chi connectivity index (χ3n) is 4.77. The van der Waals surface area contributed by atoms with Gasteiger partial charge in [0.15, 0.2) is 4.80 Å². The highest BCUT2D eigenvalue weighted by Crippen LogP contribution is 2.20. The van der Waals surface area contributed by atoms with Gasteiger partial charge in [-0.2, -0.15) is 16.8 Å². The van der Waals surface area contributed by atoms with Crippen molar-refractivity contribution in [1.82, 2.24) is 4.57 Å². The van der Waals surface area contributed by atoms with Gasteiger partial charge in [0.1, 0.15) is 0 Å². The minimum Gasteiger partial charge on any atom is -0.465 e. The van der Waals surface area contributed by atoms with E-state index in [1.807, 2.05) is 37.4 Å². The maximum atomic E-state index is 12.6. The number of fused-ring (bicyclic) bond motifs is 1. The fourth-order valence-electron chi connectivity index (χ4n) is 3.04. The smallest absolute Gasteiger partial charge is 0.337 e. The number of carbonyl (C=O) groups is 2. The van der Waals surface area contributed by atoms with Crippen LogP contribution in [0.1, 0.15) is 27.0 Å². The number of hydrogen-bond donors (Lipinski definition) is 0.